The number of carboxylic acids is 1. The van der Waals surface area contributed by atoms with Crippen molar-refractivity contribution in [1.82, 2.24) is 20.2 Å². The lowest BCUT2D eigenvalue weighted by atomic mass is 10.2. The van der Waals surface area contributed by atoms with Crippen molar-refractivity contribution >= 4 is 5.97 Å². The summed E-state index contributed by atoms with van der Waals surface area (Å²) in [7, 11) is 0. The third-order valence-electron chi connectivity index (χ3n) is 2.00. The number of rotatable bonds is 2. The SMILES string of the molecule is Cc1[nH]c(-c2cncnn2)cc1C(=O)O. The summed E-state index contributed by atoms with van der Waals surface area (Å²) in [4.78, 5) is 17.5. The van der Waals surface area contributed by atoms with Gasteiger partial charge in [0.1, 0.15) is 12.0 Å². The van der Waals surface area contributed by atoms with E-state index in [1.165, 1.54) is 18.6 Å². The van der Waals surface area contributed by atoms with Crippen molar-refractivity contribution in [3.05, 3.63) is 29.8 Å². The van der Waals surface area contributed by atoms with Crippen molar-refractivity contribution in [3.63, 3.8) is 0 Å². The smallest absolute Gasteiger partial charge is 0.337 e. The van der Waals surface area contributed by atoms with Crippen LogP contribution in [0.5, 0.6) is 0 Å². The Labute approximate surface area is 85.0 Å². The average Bonchev–Trinajstić information content (AvgIpc) is 2.62. The van der Waals surface area contributed by atoms with Crippen molar-refractivity contribution in [1.29, 1.82) is 0 Å². The summed E-state index contributed by atoms with van der Waals surface area (Å²) in [6, 6.07) is 1.52. The lowest BCUT2D eigenvalue weighted by Crippen LogP contribution is -1.95. The fourth-order valence-electron chi connectivity index (χ4n) is 1.29. The molecule has 0 radical (unpaired) electrons. The maximum atomic E-state index is 10.8. The van der Waals surface area contributed by atoms with Crippen LogP contribution >= 0.6 is 0 Å². The maximum Gasteiger partial charge on any atom is 0.337 e. The van der Waals surface area contributed by atoms with E-state index >= 15 is 0 Å². The van der Waals surface area contributed by atoms with Crippen molar-refractivity contribution in [3.8, 4) is 11.4 Å². The molecule has 0 unspecified atom stereocenters. The van der Waals surface area contributed by atoms with Crippen LogP contribution in [-0.2, 0) is 0 Å². The average molecular weight is 204 g/mol. The maximum absolute atomic E-state index is 10.8. The summed E-state index contributed by atoms with van der Waals surface area (Å²) in [6.45, 7) is 1.69. The number of aromatic amines is 1. The van der Waals surface area contributed by atoms with Crippen LogP contribution in [-0.4, -0.2) is 31.2 Å². The van der Waals surface area contributed by atoms with Crippen molar-refractivity contribution in [2.45, 2.75) is 6.92 Å². The van der Waals surface area contributed by atoms with Gasteiger partial charge in [0.2, 0.25) is 0 Å². The molecule has 0 bridgehead atoms. The molecule has 0 fully saturated rings. The molecule has 2 aromatic rings. The number of nitrogens with zero attached hydrogens (tertiary/aromatic N) is 3. The Balaban J connectivity index is 2.48. The van der Waals surface area contributed by atoms with Gasteiger partial charge in [0.25, 0.3) is 0 Å². The monoisotopic (exact) mass is 204 g/mol. The Hall–Kier alpha value is -2.24. The van der Waals surface area contributed by atoms with Crippen LogP contribution < -0.4 is 0 Å². The first-order valence-electron chi connectivity index (χ1n) is 4.24. The van der Waals surface area contributed by atoms with E-state index < -0.39 is 5.97 Å². The predicted octanol–water partition coefficient (Wildman–Crippen LogP) is 0.873. The standard InChI is InChI=1S/C9H8N4O2/c1-5-6(9(14)15)2-7(12-5)8-3-10-4-11-13-8/h2-4,12H,1H3,(H,14,15). The molecule has 6 nitrogen and oxygen atoms in total. The number of aryl methyl sites for hydroxylation is 1. The predicted molar refractivity (Wildman–Crippen MR) is 51.3 cm³/mol. The molecule has 0 aromatic carbocycles. The van der Waals surface area contributed by atoms with Crippen LogP contribution in [0.1, 0.15) is 16.1 Å². The van der Waals surface area contributed by atoms with Gasteiger partial charge in [-0.15, -0.1) is 10.2 Å². The molecule has 6 heteroatoms. The molecule has 0 spiro atoms. The first-order chi connectivity index (χ1) is 7.18. The van der Waals surface area contributed by atoms with E-state index in [1.807, 2.05) is 0 Å². The van der Waals surface area contributed by atoms with Crippen LogP contribution in [0.2, 0.25) is 0 Å². The largest absolute Gasteiger partial charge is 0.478 e. The second kappa shape index (κ2) is 3.49. The van der Waals surface area contributed by atoms with E-state index in [4.69, 9.17) is 5.11 Å². The number of hydrogen-bond donors (Lipinski definition) is 2. The highest BCUT2D eigenvalue weighted by molar-refractivity contribution is 5.90. The molecule has 0 aliphatic rings. The Morgan fingerprint density at radius 2 is 2.33 bits per heavy atom. The van der Waals surface area contributed by atoms with Crippen LogP contribution in [0.25, 0.3) is 11.4 Å². The van der Waals surface area contributed by atoms with Gasteiger partial charge in [0.15, 0.2) is 0 Å². The molecular weight excluding hydrogens is 196 g/mol. The van der Waals surface area contributed by atoms with Crippen LogP contribution in [0.4, 0.5) is 0 Å². The first-order valence-corrected chi connectivity index (χ1v) is 4.24. The Bertz CT molecular complexity index is 492. The van der Waals surface area contributed by atoms with Crippen molar-refractivity contribution < 1.29 is 9.90 Å². The van der Waals surface area contributed by atoms with Gasteiger partial charge in [-0.25, -0.2) is 9.78 Å². The molecule has 0 amide bonds. The number of H-pyrrole nitrogens is 1. The molecule has 0 atom stereocenters. The Morgan fingerprint density at radius 1 is 1.53 bits per heavy atom. The third kappa shape index (κ3) is 1.69. The summed E-state index contributed by atoms with van der Waals surface area (Å²) in [5.74, 6) is -0.966. The van der Waals surface area contributed by atoms with Gasteiger partial charge in [0, 0.05) is 5.69 Å². The number of carboxylic acid groups (broad SMARTS) is 1. The lowest BCUT2D eigenvalue weighted by Gasteiger charge is -1.92. The van der Waals surface area contributed by atoms with E-state index in [1.54, 1.807) is 6.92 Å². The summed E-state index contributed by atoms with van der Waals surface area (Å²) in [5, 5.41) is 16.3. The van der Waals surface area contributed by atoms with Crippen LogP contribution in [0.15, 0.2) is 18.6 Å². The van der Waals surface area contributed by atoms with Gasteiger partial charge >= 0.3 is 5.97 Å². The molecule has 2 aromatic heterocycles. The van der Waals surface area contributed by atoms with Gasteiger partial charge < -0.3 is 10.1 Å². The molecular formula is C9H8N4O2. The number of carbonyl (C=O) groups is 1. The van der Waals surface area contributed by atoms with E-state index in [9.17, 15) is 4.79 Å². The minimum absolute atomic E-state index is 0.232. The molecule has 15 heavy (non-hydrogen) atoms. The number of aromatic carboxylic acids is 1. The second-order valence-electron chi connectivity index (χ2n) is 3.02. The van der Waals surface area contributed by atoms with Crippen molar-refractivity contribution in [2.75, 3.05) is 0 Å². The van der Waals surface area contributed by atoms with E-state index in [0.29, 0.717) is 17.1 Å². The normalized spacial score (nSPS) is 10.2. The fourth-order valence-corrected chi connectivity index (χ4v) is 1.29. The minimum atomic E-state index is -0.966. The zero-order valence-electron chi connectivity index (χ0n) is 7.93. The summed E-state index contributed by atoms with van der Waals surface area (Å²) in [5.41, 5.74) is 1.94. The molecule has 0 saturated carbocycles. The number of hydrogen-bond acceptors (Lipinski definition) is 4. The summed E-state index contributed by atoms with van der Waals surface area (Å²) < 4.78 is 0. The van der Waals surface area contributed by atoms with Gasteiger partial charge in [-0.05, 0) is 13.0 Å². The Kier molecular flexibility index (Phi) is 2.17. The quantitative estimate of drug-likeness (QED) is 0.757. The highest BCUT2D eigenvalue weighted by Gasteiger charge is 2.12. The second-order valence-corrected chi connectivity index (χ2v) is 3.02. The molecule has 2 rings (SSSR count). The van der Waals surface area contributed by atoms with Crippen LogP contribution in [0, 0.1) is 6.92 Å². The van der Waals surface area contributed by atoms with Crippen LogP contribution in [0.3, 0.4) is 0 Å². The summed E-state index contributed by atoms with van der Waals surface area (Å²) in [6.07, 6.45) is 2.83. The summed E-state index contributed by atoms with van der Waals surface area (Å²) >= 11 is 0. The lowest BCUT2D eigenvalue weighted by molar-refractivity contribution is 0.0696. The minimum Gasteiger partial charge on any atom is -0.478 e. The van der Waals surface area contributed by atoms with Gasteiger partial charge in [-0.1, -0.05) is 0 Å². The molecule has 2 heterocycles. The number of nitrogens with one attached hydrogen (secondary N) is 1. The fraction of sp³-hybridized carbons (Fsp3) is 0.111. The molecule has 76 valence electrons. The van der Waals surface area contributed by atoms with E-state index in [2.05, 4.69) is 20.2 Å². The van der Waals surface area contributed by atoms with E-state index in [0.717, 1.165) is 0 Å². The van der Waals surface area contributed by atoms with Gasteiger partial charge in [-0.2, -0.15) is 0 Å². The topological polar surface area (TPSA) is 91.8 Å². The number of aromatic nitrogens is 4. The van der Waals surface area contributed by atoms with Gasteiger partial charge in [-0.3, -0.25) is 0 Å². The highest BCUT2D eigenvalue weighted by atomic mass is 16.4. The zero-order valence-corrected chi connectivity index (χ0v) is 7.93. The molecule has 0 aliphatic heterocycles. The van der Waals surface area contributed by atoms with E-state index in [-0.39, 0.29) is 5.56 Å². The molecule has 0 saturated heterocycles. The highest BCUT2D eigenvalue weighted by Crippen LogP contribution is 2.18. The molecule has 2 N–H and O–H groups in total. The van der Waals surface area contributed by atoms with Crippen molar-refractivity contribution in [2.24, 2.45) is 0 Å². The first kappa shape index (κ1) is 9.32. The van der Waals surface area contributed by atoms with Gasteiger partial charge in [0.05, 0.1) is 17.5 Å². The Morgan fingerprint density at radius 3 is 2.87 bits per heavy atom. The third-order valence-corrected chi connectivity index (χ3v) is 2.00. The molecule has 0 aliphatic carbocycles. The zero-order chi connectivity index (χ0) is 10.8.